The second-order valence-corrected chi connectivity index (χ2v) is 7.88. The van der Waals surface area contributed by atoms with Crippen LogP contribution in [0.25, 0.3) is 0 Å². The van der Waals surface area contributed by atoms with Gasteiger partial charge in [0.05, 0.1) is 0 Å². The molecule has 0 nitrogen and oxygen atoms in total. The molecule has 0 spiro atoms. The molecule has 0 aromatic rings. The van der Waals surface area contributed by atoms with Gasteiger partial charge in [0.1, 0.15) is 0 Å². The van der Waals surface area contributed by atoms with E-state index in [0.717, 1.165) is 0 Å². The van der Waals surface area contributed by atoms with Crippen LogP contribution in [0.2, 0.25) is 0 Å². The zero-order valence-corrected chi connectivity index (χ0v) is 17.4. The fourth-order valence-corrected chi connectivity index (χ4v) is 3.52. The Labute approximate surface area is 155 Å². The first-order valence-electron chi connectivity index (χ1n) is 11.7. The maximum absolute atomic E-state index is 2.55. The normalized spacial score (nSPS) is 11.2. The Balaban J connectivity index is 2.93. The van der Waals surface area contributed by atoms with Gasteiger partial charge in [-0.3, -0.25) is 0 Å². The summed E-state index contributed by atoms with van der Waals surface area (Å²) in [6, 6.07) is 0. The smallest absolute Gasteiger partial charge is 0.0386 e. The zero-order chi connectivity index (χ0) is 17.6. The molecule has 0 amide bonds. The Morgan fingerprint density at radius 1 is 0.333 bits per heavy atom. The van der Waals surface area contributed by atoms with E-state index >= 15 is 0 Å². The maximum Gasteiger partial charge on any atom is -0.0386 e. The molecule has 0 rings (SSSR count). The molecule has 0 atom stereocenters. The highest BCUT2D eigenvalue weighted by Gasteiger charge is 1.95. The Kier molecular flexibility index (Phi) is 23.0. The summed E-state index contributed by atoms with van der Waals surface area (Å²) in [5.41, 5.74) is 0. The molecule has 0 unspecified atom stereocenters. The molecule has 0 aliphatic rings. The minimum Gasteiger partial charge on any atom is -0.0654 e. The van der Waals surface area contributed by atoms with Gasteiger partial charge in [-0.15, -0.1) is 0 Å². The summed E-state index contributed by atoms with van der Waals surface area (Å²) in [5.74, 6) is 0. The molecule has 1 radical (unpaired) electrons. The van der Waals surface area contributed by atoms with Gasteiger partial charge in [0.25, 0.3) is 0 Å². The van der Waals surface area contributed by atoms with Gasteiger partial charge in [-0.05, 0) is 6.42 Å². The molecule has 0 bridgehead atoms. The molecule has 0 aromatic carbocycles. The summed E-state index contributed by atoms with van der Waals surface area (Å²) in [5, 5.41) is 0. The second-order valence-electron chi connectivity index (χ2n) is 7.88. The summed E-state index contributed by atoms with van der Waals surface area (Å²) in [6.07, 6.45) is 32.9. The third kappa shape index (κ3) is 22.0. The van der Waals surface area contributed by atoms with E-state index in [2.05, 4.69) is 20.3 Å². The van der Waals surface area contributed by atoms with Crippen molar-refractivity contribution >= 4 is 0 Å². The third-order valence-corrected chi connectivity index (χ3v) is 5.27. The number of hydrogen-bond acceptors (Lipinski definition) is 0. The number of hydrogen-bond donors (Lipinski definition) is 0. The lowest BCUT2D eigenvalue weighted by Crippen LogP contribution is -1.84. The van der Waals surface area contributed by atoms with Crippen LogP contribution in [0.5, 0.6) is 0 Å². The Morgan fingerprint density at radius 2 is 0.583 bits per heavy atom. The maximum atomic E-state index is 2.55. The highest BCUT2D eigenvalue weighted by atomic mass is 14.0. The van der Waals surface area contributed by atoms with E-state index in [0.29, 0.717) is 0 Å². The number of unbranched alkanes of at least 4 members (excludes halogenated alkanes) is 21. The van der Waals surface area contributed by atoms with Gasteiger partial charge in [-0.1, -0.05) is 149 Å². The van der Waals surface area contributed by atoms with Crippen LogP contribution in [0.4, 0.5) is 0 Å². The lowest BCUT2D eigenvalue weighted by Gasteiger charge is -2.04. The van der Waals surface area contributed by atoms with Crippen molar-refractivity contribution in [3.8, 4) is 0 Å². The minimum absolute atomic E-state index is 1.37. The molecule has 0 fully saturated rings. The van der Waals surface area contributed by atoms with E-state index in [1.54, 1.807) is 0 Å². The molecule has 0 heterocycles. The summed E-state index contributed by atoms with van der Waals surface area (Å²) in [6.45, 7) is 4.59. The van der Waals surface area contributed by atoms with E-state index < -0.39 is 0 Å². The SMILES string of the molecule is CCCCCCCC[CH]CCCCCCCCCCCCCCC. The van der Waals surface area contributed by atoms with Crippen LogP contribution in [0.15, 0.2) is 0 Å². The van der Waals surface area contributed by atoms with Crippen molar-refractivity contribution in [3.05, 3.63) is 6.42 Å². The van der Waals surface area contributed by atoms with E-state index in [4.69, 9.17) is 0 Å². The van der Waals surface area contributed by atoms with Gasteiger partial charge in [0.15, 0.2) is 0 Å². The molecule has 0 aliphatic heterocycles. The van der Waals surface area contributed by atoms with Gasteiger partial charge < -0.3 is 0 Å². The van der Waals surface area contributed by atoms with Crippen molar-refractivity contribution in [3.63, 3.8) is 0 Å². The first-order chi connectivity index (χ1) is 11.9. The van der Waals surface area contributed by atoms with Gasteiger partial charge in [-0.2, -0.15) is 0 Å². The van der Waals surface area contributed by atoms with Crippen LogP contribution >= 0.6 is 0 Å². The Morgan fingerprint density at radius 3 is 0.875 bits per heavy atom. The molecule has 145 valence electrons. The minimum atomic E-state index is 1.37. The van der Waals surface area contributed by atoms with Gasteiger partial charge in [0.2, 0.25) is 0 Å². The molecular weight excluding hydrogens is 288 g/mol. The molecule has 0 saturated heterocycles. The van der Waals surface area contributed by atoms with Crippen molar-refractivity contribution in [2.75, 3.05) is 0 Å². The first kappa shape index (κ1) is 24.0. The van der Waals surface area contributed by atoms with E-state index in [9.17, 15) is 0 Å². The van der Waals surface area contributed by atoms with Crippen LogP contribution in [0.3, 0.4) is 0 Å². The molecule has 0 aliphatic carbocycles. The average Bonchev–Trinajstić information content (AvgIpc) is 2.60. The largest absolute Gasteiger partial charge is 0.0654 e. The number of rotatable bonds is 21. The molecular formula is C24H49. The van der Waals surface area contributed by atoms with Crippen molar-refractivity contribution in [2.24, 2.45) is 0 Å². The Hall–Kier alpha value is 0. The van der Waals surface area contributed by atoms with Crippen molar-refractivity contribution in [1.82, 2.24) is 0 Å². The predicted octanol–water partition coefficient (Wildman–Crippen LogP) is 9.42. The van der Waals surface area contributed by atoms with Crippen LogP contribution in [0, 0.1) is 6.42 Å². The molecule has 0 N–H and O–H groups in total. The lowest BCUT2D eigenvalue weighted by atomic mass is 10.0. The average molecular weight is 338 g/mol. The fraction of sp³-hybridized carbons (Fsp3) is 0.958. The van der Waals surface area contributed by atoms with Crippen molar-refractivity contribution in [2.45, 2.75) is 149 Å². The zero-order valence-electron chi connectivity index (χ0n) is 17.4. The van der Waals surface area contributed by atoms with Crippen LogP contribution in [-0.2, 0) is 0 Å². The van der Waals surface area contributed by atoms with Crippen LogP contribution in [0.1, 0.15) is 149 Å². The molecule has 0 aromatic heterocycles. The summed E-state index contributed by atoms with van der Waals surface area (Å²) >= 11 is 0. The highest BCUT2D eigenvalue weighted by molar-refractivity contribution is 4.64. The first-order valence-corrected chi connectivity index (χ1v) is 11.7. The van der Waals surface area contributed by atoms with E-state index in [-0.39, 0.29) is 0 Å². The molecule has 24 heavy (non-hydrogen) atoms. The highest BCUT2D eigenvalue weighted by Crippen LogP contribution is 2.14. The second kappa shape index (κ2) is 23.0. The van der Waals surface area contributed by atoms with Gasteiger partial charge >= 0.3 is 0 Å². The van der Waals surface area contributed by atoms with Crippen LogP contribution in [-0.4, -0.2) is 0 Å². The third-order valence-electron chi connectivity index (χ3n) is 5.27. The quantitative estimate of drug-likeness (QED) is 0.183. The fourth-order valence-electron chi connectivity index (χ4n) is 3.52. The van der Waals surface area contributed by atoms with E-state index in [1.807, 2.05) is 0 Å². The van der Waals surface area contributed by atoms with Crippen molar-refractivity contribution in [1.29, 1.82) is 0 Å². The van der Waals surface area contributed by atoms with Gasteiger partial charge in [0, 0.05) is 0 Å². The van der Waals surface area contributed by atoms with Crippen LogP contribution < -0.4 is 0 Å². The van der Waals surface area contributed by atoms with E-state index in [1.165, 1.54) is 135 Å². The van der Waals surface area contributed by atoms with Gasteiger partial charge in [-0.25, -0.2) is 0 Å². The topological polar surface area (TPSA) is 0 Å². The summed E-state index contributed by atoms with van der Waals surface area (Å²) < 4.78 is 0. The Bertz CT molecular complexity index is 174. The molecule has 0 saturated carbocycles. The van der Waals surface area contributed by atoms with Crippen molar-refractivity contribution < 1.29 is 0 Å². The molecule has 0 heteroatoms. The predicted molar refractivity (Wildman–Crippen MR) is 113 cm³/mol. The monoisotopic (exact) mass is 337 g/mol. The lowest BCUT2D eigenvalue weighted by molar-refractivity contribution is 0.537. The standard InChI is InChI=1S/C24H49/c1-3-5-7-9-11-13-15-17-19-21-23-24-22-20-18-16-14-12-10-8-6-4-2/h17H,3-16,18-24H2,1-2H3. The summed E-state index contributed by atoms with van der Waals surface area (Å²) in [7, 11) is 0. The summed E-state index contributed by atoms with van der Waals surface area (Å²) in [4.78, 5) is 0.